The normalized spacial score (nSPS) is 29.2. The molecular formula is C17H33IN4O3. The molecule has 8 heteroatoms. The van der Waals surface area contributed by atoms with Crippen molar-refractivity contribution < 1.29 is 14.3 Å². The molecule has 1 heterocycles. The molecule has 1 atom stereocenters. The predicted molar refractivity (Wildman–Crippen MR) is 109 cm³/mol. The Balaban J connectivity index is 0.00000312. The minimum absolute atomic E-state index is 0. The molecular weight excluding hydrogens is 435 g/mol. The number of halogens is 1. The molecule has 7 nitrogen and oxygen atoms in total. The Morgan fingerprint density at radius 3 is 2.56 bits per heavy atom. The highest BCUT2D eigenvalue weighted by molar-refractivity contribution is 14.0. The fraction of sp³-hybridized carbons (Fsp3) is 0.882. The maximum absolute atomic E-state index is 11.7. The van der Waals surface area contributed by atoms with Crippen molar-refractivity contribution in [2.24, 2.45) is 10.9 Å². The van der Waals surface area contributed by atoms with Crippen LogP contribution in [0.25, 0.3) is 0 Å². The van der Waals surface area contributed by atoms with E-state index in [4.69, 9.17) is 9.47 Å². The van der Waals surface area contributed by atoms with E-state index >= 15 is 0 Å². The second kappa shape index (κ2) is 10.5. The predicted octanol–water partition coefficient (Wildman–Crippen LogP) is 1.57. The number of hydrogen-bond donors (Lipinski definition) is 2. The lowest BCUT2D eigenvalue weighted by Gasteiger charge is -2.34. The highest BCUT2D eigenvalue weighted by Crippen LogP contribution is 2.39. The molecule has 1 amide bonds. The van der Waals surface area contributed by atoms with Gasteiger partial charge in [-0.15, -0.1) is 24.0 Å². The summed E-state index contributed by atoms with van der Waals surface area (Å²) in [5.74, 6) is 1.01. The fourth-order valence-corrected chi connectivity index (χ4v) is 3.02. The third-order valence-corrected chi connectivity index (χ3v) is 4.66. The monoisotopic (exact) mass is 468 g/mol. The summed E-state index contributed by atoms with van der Waals surface area (Å²) in [6.45, 7) is 6.39. The van der Waals surface area contributed by atoms with Crippen molar-refractivity contribution in [3.63, 3.8) is 0 Å². The topological polar surface area (TPSA) is 75.2 Å². The fourth-order valence-electron chi connectivity index (χ4n) is 3.02. The summed E-state index contributed by atoms with van der Waals surface area (Å²) in [5, 5.41) is 6.40. The van der Waals surface area contributed by atoms with Gasteiger partial charge in [0.05, 0.1) is 6.61 Å². The number of amides is 1. The lowest BCUT2D eigenvalue weighted by Crippen LogP contribution is -2.43. The maximum Gasteiger partial charge on any atom is 0.243 e. The minimum Gasteiger partial charge on any atom is -0.357 e. The number of rotatable bonds is 5. The van der Waals surface area contributed by atoms with Gasteiger partial charge in [-0.05, 0) is 25.7 Å². The molecule has 2 fully saturated rings. The number of likely N-dealkylation sites (N-methyl/N-ethyl adjacent to an activating group) is 1. The Kier molecular flexibility index (Phi) is 9.44. The van der Waals surface area contributed by atoms with E-state index in [0.29, 0.717) is 19.1 Å². The van der Waals surface area contributed by atoms with Crippen LogP contribution in [0.3, 0.4) is 0 Å². The Hall–Kier alpha value is -0.610. The van der Waals surface area contributed by atoms with E-state index < -0.39 is 0 Å². The van der Waals surface area contributed by atoms with E-state index in [1.165, 1.54) is 4.90 Å². The average Bonchev–Trinajstić information content (AvgIpc) is 2.96. The molecule has 0 radical (unpaired) electrons. The Bertz CT molecular complexity index is 451. The van der Waals surface area contributed by atoms with Crippen LogP contribution in [-0.2, 0) is 14.3 Å². The summed E-state index contributed by atoms with van der Waals surface area (Å²) >= 11 is 0. The molecule has 1 aliphatic heterocycles. The Labute approximate surface area is 168 Å². The molecule has 0 bridgehead atoms. The van der Waals surface area contributed by atoms with E-state index in [-0.39, 0.29) is 48.3 Å². The molecule has 2 N–H and O–H groups in total. The third kappa shape index (κ3) is 6.90. The molecule has 1 saturated heterocycles. The molecule has 2 aliphatic rings. The first-order valence-electron chi connectivity index (χ1n) is 8.98. The summed E-state index contributed by atoms with van der Waals surface area (Å²) in [7, 11) is 3.46. The molecule has 1 saturated carbocycles. The van der Waals surface area contributed by atoms with Crippen LogP contribution in [0.2, 0.25) is 0 Å². The van der Waals surface area contributed by atoms with Crippen LogP contribution >= 0.6 is 24.0 Å². The number of ether oxygens (including phenoxy) is 2. The maximum atomic E-state index is 11.7. The van der Waals surface area contributed by atoms with Crippen molar-refractivity contribution in [1.29, 1.82) is 0 Å². The van der Waals surface area contributed by atoms with Crippen LogP contribution < -0.4 is 10.6 Å². The number of carbonyl (C=O) groups is 1. The molecule has 25 heavy (non-hydrogen) atoms. The van der Waals surface area contributed by atoms with Gasteiger partial charge in [0.2, 0.25) is 5.91 Å². The molecule has 0 aromatic heterocycles. The summed E-state index contributed by atoms with van der Waals surface area (Å²) in [6.07, 6.45) is 4.31. The van der Waals surface area contributed by atoms with Crippen molar-refractivity contribution in [2.75, 3.05) is 40.3 Å². The van der Waals surface area contributed by atoms with E-state index in [0.717, 1.165) is 38.1 Å². The number of guanidine groups is 1. The second-order valence-corrected chi connectivity index (χ2v) is 7.01. The van der Waals surface area contributed by atoms with Crippen LogP contribution in [-0.4, -0.2) is 69.0 Å². The molecule has 2 rings (SSSR count). The average molecular weight is 468 g/mol. The zero-order valence-electron chi connectivity index (χ0n) is 15.8. The SMILES string of the molecule is CCNC(=NCC(=O)N(C)C)NCC1COC2(CCC(C)CC2)O1.I. The Morgan fingerprint density at radius 2 is 1.96 bits per heavy atom. The van der Waals surface area contributed by atoms with Crippen molar-refractivity contribution in [3.05, 3.63) is 0 Å². The van der Waals surface area contributed by atoms with Gasteiger partial charge in [-0.3, -0.25) is 4.79 Å². The zero-order chi connectivity index (χ0) is 17.6. The first-order chi connectivity index (χ1) is 11.4. The van der Waals surface area contributed by atoms with Gasteiger partial charge in [0, 0.05) is 40.0 Å². The van der Waals surface area contributed by atoms with Gasteiger partial charge in [-0.2, -0.15) is 0 Å². The quantitative estimate of drug-likeness (QED) is 0.364. The van der Waals surface area contributed by atoms with Gasteiger partial charge in [0.1, 0.15) is 12.6 Å². The standard InChI is InChI=1S/C17H32N4O3.HI/c1-5-18-16(20-11-15(22)21(3)4)19-10-14-12-23-17(24-14)8-6-13(2)7-9-17;/h13-14H,5-12H2,1-4H3,(H2,18,19,20);1H. The Morgan fingerprint density at radius 1 is 1.28 bits per heavy atom. The van der Waals surface area contributed by atoms with Gasteiger partial charge in [0.25, 0.3) is 0 Å². The highest BCUT2D eigenvalue weighted by Gasteiger charge is 2.43. The van der Waals surface area contributed by atoms with Gasteiger partial charge < -0.3 is 25.0 Å². The van der Waals surface area contributed by atoms with E-state index in [1.807, 2.05) is 6.92 Å². The van der Waals surface area contributed by atoms with Crippen LogP contribution in [0, 0.1) is 5.92 Å². The molecule has 1 unspecified atom stereocenters. The van der Waals surface area contributed by atoms with E-state index in [9.17, 15) is 4.79 Å². The van der Waals surface area contributed by atoms with E-state index in [1.54, 1.807) is 14.1 Å². The summed E-state index contributed by atoms with van der Waals surface area (Å²) < 4.78 is 12.2. The number of nitrogens with one attached hydrogen (secondary N) is 2. The molecule has 146 valence electrons. The van der Waals surface area contributed by atoms with Crippen molar-refractivity contribution in [1.82, 2.24) is 15.5 Å². The van der Waals surface area contributed by atoms with Gasteiger partial charge in [-0.1, -0.05) is 6.92 Å². The number of aliphatic imine (C=N–C) groups is 1. The molecule has 0 aromatic rings. The minimum atomic E-state index is -0.366. The smallest absolute Gasteiger partial charge is 0.243 e. The molecule has 1 aliphatic carbocycles. The van der Waals surface area contributed by atoms with Crippen molar-refractivity contribution >= 4 is 35.8 Å². The van der Waals surface area contributed by atoms with Gasteiger partial charge in [-0.25, -0.2) is 4.99 Å². The highest BCUT2D eigenvalue weighted by atomic mass is 127. The lowest BCUT2D eigenvalue weighted by atomic mass is 9.86. The summed E-state index contributed by atoms with van der Waals surface area (Å²) in [4.78, 5) is 17.5. The third-order valence-electron chi connectivity index (χ3n) is 4.66. The van der Waals surface area contributed by atoms with Gasteiger partial charge >= 0.3 is 0 Å². The number of nitrogens with zero attached hydrogens (tertiary/aromatic N) is 2. The molecule has 1 spiro atoms. The second-order valence-electron chi connectivity index (χ2n) is 7.01. The summed E-state index contributed by atoms with van der Waals surface area (Å²) in [5.41, 5.74) is 0. The van der Waals surface area contributed by atoms with Gasteiger partial charge in [0.15, 0.2) is 11.7 Å². The summed E-state index contributed by atoms with van der Waals surface area (Å²) in [6, 6.07) is 0. The number of carbonyl (C=O) groups excluding carboxylic acids is 1. The zero-order valence-corrected chi connectivity index (χ0v) is 18.2. The van der Waals surface area contributed by atoms with Crippen LogP contribution in [0.15, 0.2) is 4.99 Å². The lowest BCUT2D eigenvalue weighted by molar-refractivity contribution is -0.191. The van der Waals surface area contributed by atoms with Crippen molar-refractivity contribution in [3.8, 4) is 0 Å². The first-order valence-corrected chi connectivity index (χ1v) is 8.98. The van der Waals surface area contributed by atoms with Crippen LogP contribution in [0.1, 0.15) is 39.5 Å². The van der Waals surface area contributed by atoms with Crippen LogP contribution in [0.5, 0.6) is 0 Å². The molecule has 0 aromatic carbocycles. The number of hydrogen-bond acceptors (Lipinski definition) is 4. The van der Waals surface area contributed by atoms with Crippen molar-refractivity contribution in [2.45, 2.75) is 51.4 Å². The van der Waals surface area contributed by atoms with Crippen LogP contribution in [0.4, 0.5) is 0 Å². The first kappa shape index (κ1) is 22.4. The van der Waals surface area contributed by atoms with E-state index in [2.05, 4.69) is 22.5 Å². The largest absolute Gasteiger partial charge is 0.357 e.